The highest BCUT2D eigenvalue weighted by atomic mass is 35.5. The van der Waals surface area contributed by atoms with E-state index in [1.54, 1.807) is 24.7 Å². The Bertz CT molecular complexity index is 449. The van der Waals surface area contributed by atoms with Crippen LogP contribution >= 0.6 is 23.2 Å². The molecule has 0 spiro atoms. The minimum atomic E-state index is -0.0242. The van der Waals surface area contributed by atoms with Crippen molar-refractivity contribution in [2.75, 3.05) is 0 Å². The predicted molar refractivity (Wildman–Crippen MR) is 55.8 cm³/mol. The van der Waals surface area contributed by atoms with Gasteiger partial charge in [0.15, 0.2) is 0 Å². The van der Waals surface area contributed by atoms with Gasteiger partial charge < -0.3 is 9.52 Å². The van der Waals surface area contributed by atoms with Gasteiger partial charge >= 0.3 is 0 Å². The number of hydrogen-bond acceptors (Lipinski definition) is 2. The molecule has 1 heterocycles. The van der Waals surface area contributed by atoms with Gasteiger partial charge in [-0.15, -0.1) is 0 Å². The van der Waals surface area contributed by atoms with Crippen LogP contribution in [0.25, 0.3) is 11.1 Å². The third-order valence-corrected chi connectivity index (χ3v) is 2.48. The highest BCUT2D eigenvalue weighted by Crippen LogP contribution is 2.36. The molecule has 14 heavy (non-hydrogen) atoms. The summed E-state index contributed by atoms with van der Waals surface area (Å²) in [7, 11) is 0. The Morgan fingerprint density at radius 3 is 2.57 bits per heavy atom. The normalized spacial score (nSPS) is 10.4. The minimum Gasteiger partial charge on any atom is -0.506 e. The lowest BCUT2D eigenvalue weighted by atomic mass is 10.1. The topological polar surface area (TPSA) is 33.4 Å². The minimum absolute atomic E-state index is 0.0242. The molecule has 0 radical (unpaired) electrons. The average Bonchev–Trinajstić information content (AvgIpc) is 2.64. The zero-order valence-electron chi connectivity index (χ0n) is 7.00. The van der Waals surface area contributed by atoms with E-state index in [0.717, 1.165) is 11.1 Å². The molecular weight excluding hydrogens is 223 g/mol. The van der Waals surface area contributed by atoms with Crippen LogP contribution in [0.1, 0.15) is 0 Å². The molecule has 4 heteroatoms. The smallest absolute Gasteiger partial charge is 0.135 e. The standard InChI is InChI=1S/C10H6Cl2O2/c11-8-4-10(13)9(12)3-7(8)6-1-2-14-5-6/h1-5,13H. The zero-order chi connectivity index (χ0) is 10.1. The highest BCUT2D eigenvalue weighted by molar-refractivity contribution is 6.36. The van der Waals surface area contributed by atoms with Crippen LogP contribution in [0.2, 0.25) is 10.0 Å². The second-order valence-electron chi connectivity index (χ2n) is 2.80. The first-order valence-corrected chi connectivity index (χ1v) is 4.64. The lowest BCUT2D eigenvalue weighted by molar-refractivity contribution is 0.475. The van der Waals surface area contributed by atoms with Crippen molar-refractivity contribution in [2.24, 2.45) is 0 Å². The van der Waals surface area contributed by atoms with E-state index in [0.29, 0.717) is 5.02 Å². The Morgan fingerprint density at radius 1 is 1.14 bits per heavy atom. The molecule has 2 rings (SSSR count). The van der Waals surface area contributed by atoms with Gasteiger partial charge in [0.2, 0.25) is 0 Å². The Balaban J connectivity index is 2.60. The number of halogens is 2. The Labute approximate surface area is 90.7 Å². The first-order valence-electron chi connectivity index (χ1n) is 3.89. The number of phenols is 1. The third-order valence-electron chi connectivity index (χ3n) is 1.87. The van der Waals surface area contributed by atoms with E-state index < -0.39 is 0 Å². The first kappa shape index (κ1) is 9.44. The number of aromatic hydroxyl groups is 1. The van der Waals surface area contributed by atoms with Crippen molar-refractivity contribution in [3.05, 3.63) is 40.8 Å². The lowest BCUT2D eigenvalue weighted by Crippen LogP contribution is -1.77. The quantitative estimate of drug-likeness (QED) is 0.802. The van der Waals surface area contributed by atoms with Crippen molar-refractivity contribution < 1.29 is 9.52 Å². The fourth-order valence-electron chi connectivity index (χ4n) is 1.18. The summed E-state index contributed by atoms with van der Waals surface area (Å²) < 4.78 is 4.93. The molecule has 1 aromatic carbocycles. The van der Waals surface area contributed by atoms with Gasteiger partial charge in [0.1, 0.15) is 5.75 Å². The molecule has 1 N–H and O–H groups in total. The number of phenolic OH excluding ortho intramolecular Hbond substituents is 1. The molecular formula is C10H6Cl2O2. The van der Waals surface area contributed by atoms with Gasteiger partial charge in [-0.3, -0.25) is 0 Å². The molecule has 0 aliphatic carbocycles. The van der Waals surface area contributed by atoms with Gasteiger partial charge in [0, 0.05) is 17.2 Å². The van der Waals surface area contributed by atoms with Gasteiger partial charge in [-0.05, 0) is 12.1 Å². The Hall–Kier alpha value is -1.12. The van der Waals surface area contributed by atoms with Gasteiger partial charge in [0.25, 0.3) is 0 Å². The summed E-state index contributed by atoms with van der Waals surface area (Å²) in [5.74, 6) is -0.0242. The molecule has 0 aliphatic heterocycles. The number of hydrogen-bond donors (Lipinski definition) is 1. The maximum atomic E-state index is 9.28. The van der Waals surface area contributed by atoms with Crippen LogP contribution in [0, 0.1) is 0 Å². The number of benzene rings is 1. The molecule has 1 aromatic heterocycles. The predicted octanol–water partition coefficient (Wildman–Crippen LogP) is 3.96. The first-order chi connectivity index (χ1) is 6.68. The van der Waals surface area contributed by atoms with Gasteiger partial charge in [-0.25, -0.2) is 0 Å². The average molecular weight is 229 g/mol. The fraction of sp³-hybridized carbons (Fsp3) is 0. The fourth-order valence-corrected chi connectivity index (χ4v) is 1.61. The molecule has 0 amide bonds. The van der Waals surface area contributed by atoms with E-state index in [1.807, 2.05) is 0 Å². The summed E-state index contributed by atoms with van der Waals surface area (Å²) in [4.78, 5) is 0. The second-order valence-corrected chi connectivity index (χ2v) is 3.61. The largest absolute Gasteiger partial charge is 0.506 e. The summed E-state index contributed by atoms with van der Waals surface area (Å²) in [5.41, 5.74) is 1.57. The molecule has 0 fully saturated rings. The van der Waals surface area contributed by atoms with E-state index in [1.165, 1.54) is 6.07 Å². The summed E-state index contributed by atoms with van der Waals surface area (Å²) in [6, 6.07) is 4.78. The molecule has 0 bridgehead atoms. The van der Waals surface area contributed by atoms with E-state index >= 15 is 0 Å². The molecule has 0 aliphatic rings. The van der Waals surface area contributed by atoms with Crippen LogP contribution in [-0.2, 0) is 0 Å². The maximum absolute atomic E-state index is 9.28. The summed E-state index contributed by atoms with van der Waals surface area (Å²) in [6.45, 7) is 0. The SMILES string of the molecule is Oc1cc(Cl)c(-c2ccoc2)cc1Cl. The molecule has 0 atom stereocenters. The van der Waals surface area contributed by atoms with E-state index in [4.69, 9.17) is 27.6 Å². The second kappa shape index (κ2) is 3.56. The van der Waals surface area contributed by atoms with Gasteiger partial charge in [-0.2, -0.15) is 0 Å². The Morgan fingerprint density at radius 2 is 1.93 bits per heavy atom. The molecule has 72 valence electrons. The Kier molecular flexibility index (Phi) is 2.40. The van der Waals surface area contributed by atoms with E-state index in [-0.39, 0.29) is 10.8 Å². The van der Waals surface area contributed by atoms with E-state index in [2.05, 4.69) is 0 Å². The van der Waals surface area contributed by atoms with Crippen molar-refractivity contribution >= 4 is 23.2 Å². The van der Waals surface area contributed by atoms with Crippen LogP contribution in [-0.4, -0.2) is 5.11 Å². The van der Waals surface area contributed by atoms with Crippen LogP contribution in [0.3, 0.4) is 0 Å². The van der Waals surface area contributed by atoms with Gasteiger partial charge in [-0.1, -0.05) is 23.2 Å². The lowest BCUT2D eigenvalue weighted by Gasteiger charge is -2.03. The van der Waals surface area contributed by atoms with Crippen LogP contribution in [0.5, 0.6) is 5.75 Å². The molecule has 0 unspecified atom stereocenters. The molecule has 0 saturated carbocycles. The van der Waals surface area contributed by atoms with Crippen molar-refractivity contribution in [1.29, 1.82) is 0 Å². The summed E-state index contributed by atoms with van der Waals surface area (Å²) in [5, 5.41) is 9.99. The van der Waals surface area contributed by atoms with Crippen molar-refractivity contribution in [3.63, 3.8) is 0 Å². The van der Waals surface area contributed by atoms with Crippen molar-refractivity contribution in [3.8, 4) is 16.9 Å². The summed E-state index contributed by atoms with van der Waals surface area (Å²) >= 11 is 11.7. The highest BCUT2D eigenvalue weighted by Gasteiger charge is 2.08. The third kappa shape index (κ3) is 1.59. The maximum Gasteiger partial charge on any atom is 0.135 e. The van der Waals surface area contributed by atoms with E-state index in [9.17, 15) is 5.11 Å². The van der Waals surface area contributed by atoms with Gasteiger partial charge in [0.05, 0.1) is 22.6 Å². The monoisotopic (exact) mass is 228 g/mol. The molecule has 0 saturated heterocycles. The number of rotatable bonds is 1. The molecule has 2 nitrogen and oxygen atoms in total. The number of furan rings is 1. The summed E-state index contributed by atoms with van der Waals surface area (Å²) in [6.07, 6.45) is 3.11. The van der Waals surface area contributed by atoms with Crippen LogP contribution < -0.4 is 0 Å². The van der Waals surface area contributed by atoms with Crippen molar-refractivity contribution in [2.45, 2.75) is 0 Å². The van der Waals surface area contributed by atoms with Crippen LogP contribution in [0.15, 0.2) is 35.1 Å². The molecule has 2 aromatic rings. The van der Waals surface area contributed by atoms with Crippen molar-refractivity contribution in [1.82, 2.24) is 0 Å². The van der Waals surface area contributed by atoms with Crippen LogP contribution in [0.4, 0.5) is 0 Å². The zero-order valence-corrected chi connectivity index (χ0v) is 8.51.